The smallest absolute Gasteiger partial charge is 0.322 e. The van der Waals surface area contributed by atoms with Gasteiger partial charge in [-0.05, 0) is 67.3 Å². The normalized spacial score (nSPS) is 14.5. The summed E-state index contributed by atoms with van der Waals surface area (Å²) in [4.78, 5) is 27.3. The van der Waals surface area contributed by atoms with Gasteiger partial charge in [-0.1, -0.05) is 36.4 Å². The van der Waals surface area contributed by atoms with Crippen molar-refractivity contribution < 1.29 is 9.59 Å². The Kier molecular flexibility index (Phi) is 5.89. The predicted molar refractivity (Wildman–Crippen MR) is 124 cm³/mol. The molecule has 0 fully saturated rings. The monoisotopic (exact) mass is 414 g/mol. The second-order valence-corrected chi connectivity index (χ2v) is 7.58. The Morgan fingerprint density at radius 1 is 1.03 bits per heavy atom. The Balaban J connectivity index is 1.46. The molecule has 31 heavy (non-hydrogen) atoms. The van der Waals surface area contributed by atoms with Gasteiger partial charge in [-0.25, -0.2) is 4.79 Å². The zero-order valence-corrected chi connectivity index (χ0v) is 17.5. The summed E-state index contributed by atoms with van der Waals surface area (Å²) >= 11 is 0. The van der Waals surface area contributed by atoms with Crippen molar-refractivity contribution in [2.24, 2.45) is 0 Å². The lowest BCUT2D eigenvalue weighted by atomic mass is 10.0. The van der Waals surface area contributed by atoms with Crippen LogP contribution in [0.5, 0.6) is 0 Å². The highest BCUT2D eigenvalue weighted by molar-refractivity contribution is 6.06. The Morgan fingerprint density at radius 2 is 1.77 bits per heavy atom. The molecule has 1 aliphatic rings. The van der Waals surface area contributed by atoms with E-state index in [1.165, 1.54) is 0 Å². The minimum atomic E-state index is -0.200. The van der Waals surface area contributed by atoms with Crippen LogP contribution in [-0.2, 0) is 6.42 Å². The summed E-state index contributed by atoms with van der Waals surface area (Å²) in [6.45, 7) is 2.54. The minimum Gasteiger partial charge on any atom is -0.397 e. The number of benzene rings is 3. The molecule has 0 bridgehead atoms. The molecule has 0 heterocycles. The second kappa shape index (κ2) is 8.92. The van der Waals surface area contributed by atoms with Crippen LogP contribution in [0.3, 0.4) is 0 Å². The molecule has 6 nitrogen and oxygen atoms in total. The molecule has 3 aromatic carbocycles. The number of nitrogens with two attached hydrogens (primary N) is 1. The van der Waals surface area contributed by atoms with Crippen molar-refractivity contribution in [3.63, 3.8) is 0 Å². The molecule has 3 aromatic rings. The highest BCUT2D eigenvalue weighted by Crippen LogP contribution is 2.32. The van der Waals surface area contributed by atoms with Gasteiger partial charge in [0, 0.05) is 17.8 Å². The number of fused-ring (bicyclic) bond motifs is 1. The van der Waals surface area contributed by atoms with Crippen LogP contribution in [0.4, 0.5) is 21.9 Å². The molecule has 4 N–H and O–H groups in total. The van der Waals surface area contributed by atoms with Crippen LogP contribution in [0.1, 0.15) is 40.9 Å². The average molecular weight is 415 g/mol. The summed E-state index contributed by atoms with van der Waals surface area (Å²) in [7, 11) is 0. The summed E-state index contributed by atoms with van der Waals surface area (Å²) < 4.78 is 0. The Hall–Kier alpha value is -3.80. The first kappa shape index (κ1) is 20.5. The number of anilines is 3. The fourth-order valence-electron chi connectivity index (χ4n) is 3.99. The van der Waals surface area contributed by atoms with Crippen LogP contribution in [0, 0.1) is 0 Å². The zero-order chi connectivity index (χ0) is 21.8. The Labute approximate surface area is 182 Å². The van der Waals surface area contributed by atoms with E-state index in [-0.39, 0.29) is 18.0 Å². The summed E-state index contributed by atoms with van der Waals surface area (Å²) in [5.41, 5.74) is 10.6. The number of carbonyl (C=O) groups excluding carboxylic acids is 2. The quantitative estimate of drug-likeness (QED) is 0.527. The van der Waals surface area contributed by atoms with Gasteiger partial charge in [0.05, 0.1) is 17.4 Å². The van der Waals surface area contributed by atoms with Gasteiger partial charge in [0.25, 0.3) is 5.91 Å². The standard InChI is InChI=1S/C25H26N4O2/c1-2-29(19-8-4-3-5-9-19)25(31)28-22-15-13-17-16-18(12-14-20(17)22)24(30)27-23-11-7-6-10-21(23)26/h3-12,14,16,22H,2,13,15,26H2,1H3,(H,27,30)(H,28,31). The number of aryl methyl sites for hydroxylation is 1. The third kappa shape index (κ3) is 4.38. The Bertz CT molecular complexity index is 1100. The van der Waals surface area contributed by atoms with Crippen molar-refractivity contribution >= 4 is 29.0 Å². The van der Waals surface area contributed by atoms with Crippen LogP contribution < -0.4 is 21.3 Å². The van der Waals surface area contributed by atoms with Crippen molar-refractivity contribution in [3.05, 3.63) is 89.5 Å². The van der Waals surface area contributed by atoms with Gasteiger partial charge >= 0.3 is 6.03 Å². The van der Waals surface area contributed by atoms with Gasteiger partial charge < -0.3 is 16.4 Å². The van der Waals surface area contributed by atoms with Crippen LogP contribution in [0.2, 0.25) is 0 Å². The summed E-state index contributed by atoms with van der Waals surface area (Å²) in [5, 5.41) is 6.01. The van der Waals surface area contributed by atoms with E-state index >= 15 is 0 Å². The lowest BCUT2D eigenvalue weighted by molar-refractivity contribution is 0.102. The summed E-state index contributed by atoms with van der Waals surface area (Å²) in [6, 6.07) is 22.3. The maximum atomic E-state index is 12.9. The van der Waals surface area contributed by atoms with Crippen LogP contribution >= 0.6 is 0 Å². The number of nitrogen functional groups attached to an aromatic ring is 1. The van der Waals surface area contributed by atoms with Gasteiger partial charge in [-0.2, -0.15) is 0 Å². The maximum Gasteiger partial charge on any atom is 0.322 e. The van der Waals surface area contributed by atoms with Gasteiger partial charge in [0.15, 0.2) is 0 Å². The fraction of sp³-hybridized carbons (Fsp3) is 0.200. The van der Waals surface area contributed by atoms with Crippen molar-refractivity contribution in [2.75, 3.05) is 22.5 Å². The first-order chi connectivity index (χ1) is 15.1. The lowest BCUT2D eigenvalue weighted by Crippen LogP contribution is -2.41. The van der Waals surface area contributed by atoms with Gasteiger partial charge in [-0.3, -0.25) is 9.69 Å². The first-order valence-corrected chi connectivity index (χ1v) is 10.5. The number of nitrogens with zero attached hydrogens (tertiary/aromatic N) is 1. The number of rotatable bonds is 5. The van der Waals surface area contributed by atoms with E-state index in [1.807, 2.05) is 61.5 Å². The molecule has 0 aromatic heterocycles. The lowest BCUT2D eigenvalue weighted by Gasteiger charge is -2.24. The fourth-order valence-corrected chi connectivity index (χ4v) is 3.99. The summed E-state index contributed by atoms with van der Waals surface area (Å²) in [5.74, 6) is -0.200. The van der Waals surface area contributed by atoms with Gasteiger partial charge in [-0.15, -0.1) is 0 Å². The van der Waals surface area contributed by atoms with Gasteiger partial charge in [0.1, 0.15) is 0 Å². The molecule has 4 rings (SSSR count). The molecule has 0 saturated carbocycles. The Morgan fingerprint density at radius 3 is 2.52 bits per heavy atom. The first-order valence-electron chi connectivity index (χ1n) is 10.5. The summed E-state index contributed by atoms with van der Waals surface area (Å²) in [6.07, 6.45) is 1.62. The van der Waals surface area contributed by atoms with E-state index in [1.54, 1.807) is 23.1 Å². The molecule has 158 valence electrons. The molecule has 1 unspecified atom stereocenters. The van der Waals surface area contributed by atoms with E-state index in [2.05, 4.69) is 10.6 Å². The predicted octanol–water partition coefficient (Wildman–Crippen LogP) is 4.74. The number of nitrogens with one attached hydrogen (secondary N) is 2. The number of hydrogen-bond donors (Lipinski definition) is 3. The molecule has 3 amide bonds. The van der Waals surface area contributed by atoms with Gasteiger partial charge in [0.2, 0.25) is 0 Å². The van der Waals surface area contributed by atoms with Crippen molar-refractivity contribution in [1.82, 2.24) is 5.32 Å². The van der Waals surface area contributed by atoms with E-state index in [9.17, 15) is 9.59 Å². The minimum absolute atomic E-state index is 0.0675. The van der Waals surface area contributed by atoms with E-state index in [4.69, 9.17) is 5.73 Å². The largest absolute Gasteiger partial charge is 0.397 e. The van der Waals surface area contributed by atoms with Crippen LogP contribution in [0.25, 0.3) is 0 Å². The highest BCUT2D eigenvalue weighted by Gasteiger charge is 2.27. The molecule has 0 saturated heterocycles. The molecular weight excluding hydrogens is 388 g/mol. The van der Waals surface area contributed by atoms with Crippen molar-refractivity contribution in [1.29, 1.82) is 0 Å². The topological polar surface area (TPSA) is 87.5 Å². The number of amides is 3. The number of carbonyl (C=O) groups is 2. The third-order valence-corrected chi connectivity index (χ3v) is 5.62. The van der Waals surface area contributed by atoms with Crippen molar-refractivity contribution in [2.45, 2.75) is 25.8 Å². The van der Waals surface area contributed by atoms with Crippen LogP contribution in [-0.4, -0.2) is 18.5 Å². The number of urea groups is 1. The van der Waals surface area contributed by atoms with E-state index < -0.39 is 0 Å². The molecule has 1 atom stereocenters. The maximum absolute atomic E-state index is 12.9. The average Bonchev–Trinajstić information content (AvgIpc) is 3.18. The number of para-hydroxylation sites is 3. The van der Waals surface area contributed by atoms with E-state index in [0.717, 1.165) is 29.7 Å². The molecule has 6 heteroatoms. The van der Waals surface area contributed by atoms with E-state index in [0.29, 0.717) is 23.5 Å². The highest BCUT2D eigenvalue weighted by atomic mass is 16.2. The number of hydrogen-bond acceptors (Lipinski definition) is 3. The molecule has 1 aliphatic carbocycles. The third-order valence-electron chi connectivity index (χ3n) is 5.62. The molecular formula is C25H26N4O2. The zero-order valence-electron chi connectivity index (χ0n) is 17.5. The molecule has 0 radical (unpaired) electrons. The van der Waals surface area contributed by atoms with Crippen LogP contribution in [0.15, 0.2) is 72.8 Å². The molecule has 0 spiro atoms. The second-order valence-electron chi connectivity index (χ2n) is 7.58. The SMILES string of the molecule is CCN(C(=O)NC1CCc2cc(C(=O)Nc3ccccc3N)ccc21)c1ccccc1. The van der Waals surface area contributed by atoms with Crippen molar-refractivity contribution in [3.8, 4) is 0 Å². The molecule has 0 aliphatic heterocycles.